The molecule has 14 heavy (non-hydrogen) atoms. The van der Waals surface area contributed by atoms with Crippen LogP contribution in [0.5, 0.6) is 0 Å². The Bertz CT molecular complexity index is 322. The van der Waals surface area contributed by atoms with Gasteiger partial charge in [0.05, 0.1) is 6.10 Å². The zero-order valence-corrected chi connectivity index (χ0v) is 8.53. The van der Waals surface area contributed by atoms with Crippen LogP contribution >= 0.6 is 0 Å². The van der Waals surface area contributed by atoms with Gasteiger partial charge < -0.3 is 5.11 Å². The molecule has 1 atom stereocenters. The summed E-state index contributed by atoms with van der Waals surface area (Å²) in [6.45, 7) is 2.03. The molecule has 1 aromatic carbocycles. The fourth-order valence-corrected chi connectivity index (χ4v) is 1.44. The highest BCUT2D eigenvalue weighted by atomic mass is 16.3. The van der Waals surface area contributed by atoms with E-state index in [1.165, 1.54) is 5.56 Å². The number of aliphatic hydroxyl groups is 1. The molecule has 74 valence electrons. The number of terminal acetylenes is 1. The zero-order chi connectivity index (χ0) is 10.4. The Kier molecular flexibility index (Phi) is 4.22. The summed E-state index contributed by atoms with van der Waals surface area (Å²) in [5.74, 6) is 2.57. The molecule has 0 spiro atoms. The van der Waals surface area contributed by atoms with Crippen LogP contribution < -0.4 is 0 Å². The maximum Gasteiger partial charge on any atom is 0.0790 e. The molecule has 1 heteroatoms. The van der Waals surface area contributed by atoms with Crippen molar-refractivity contribution in [2.75, 3.05) is 0 Å². The van der Waals surface area contributed by atoms with Crippen LogP contribution in [0.25, 0.3) is 0 Å². The van der Waals surface area contributed by atoms with E-state index in [0.29, 0.717) is 0 Å². The van der Waals surface area contributed by atoms with E-state index in [1.807, 2.05) is 31.2 Å². The molecule has 0 amide bonds. The maximum absolute atomic E-state index is 9.80. The third-order valence-corrected chi connectivity index (χ3v) is 2.23. The molecular weight excluding hydrogens is 172 g/mol. The van der Waals surface area contributed by atoms with E-state index in [1.54, 1.807) is 0 Å². The second-order valence-corrected chi connectivity index (χ2v) is 3.53. The van der Waals surface area contributed by atoms with E-state index in [-0.39, 0.29) is 6.10 Å². The van der Waals surface area contributed by atoms with E-state index in [4.69, 9.17) is 6.42 Å². The molecule has 1 unspecified atom stereocenters. The van der Waals surface area contributed by atoms with Gasteiger partial charge in [-0.1, -0.05) is 29.8 Å². The van der Waals surface area contributed by atoms with Crippen LogP contribution in [0, 0.1) is 19.3 Å². The van der Waals surface area contributed by atoms with Gasteiger partial charge in [0, 0.05) is 6.42 Å². The van der Waals surface area contributed by atoms with Crippen molar-refractivity contribution in [2.24, 2.45) is 0 Å². The highest BCUT2D eigenvalue weighted by Gasteiger charge is 2.05. The van der Waals surface area contributed by atoms with Crippen molar-refractivity contribution < 1.29 is 5.11 Å². The van der Waals surface area contributed by atoms with E-state index in [9.17, 15) is 5.11 Å². The number of rotatable bonds is 4. The van der Waals surface area contributed by atoms with Crippen molar-refractivity contribution in [1.82, 2.24) is 0 Å². The molecule has 0 aliphatic heterocycles. The molecular formula is C13H16O. The van der Waals surface area contributed by atoms with Gasteiger partial charge in [0.1, 0.15) is 0 Å². The second kappa shape index (κ2) is 5.47. The highest BCUT2D eigenvalue weighted by Crippen LogP contribution is 2.19. The van der Waals surface area contributed by atoms with Gasteiger partial charge in [-0.25, -0.2) is 0 Å². The Morgan fingerprint density at radius 2 is 2.29 bits per heavy atom. The number of unbranched alkanes of at least 4 members (excludes halogenated alkanes) is 1. The Morgan fingerprint density at radius 1 is 1.50 bits per heavy atom. The standard InChI is InChI=1S/C13H16O/c1-3-4-5-9-13(14)12-8-6-7-11(2)10-12/h1,6-8,10,13-14H,4-5,9H2,2H3. The summed E-state index contributed by atoms with van der Waals surface area (Å²) in [6, 6.07) is 7.96. The number of benzene rings is 1. The second-order valence-electron chi connectivity index (χ2n) is 3.53. The summed E-state index contributed by atoms with van der Waals surface area (Å²) in [6.07, 6.45) is 7.14. The molecule has 0 radical (unpaired) electrons. The summed E-state index contributed by atoms with van der Waals surface area (Å²) < 4.78 is 0. The van der Waals surface area contributed by atoms with Crippen LogP contribution in [0.2, 0.25) is 0 Å². The first-order valence-electron chi connectivity index (χ1n) is 4.92. The smallest absolute Gasteiger partial charge is 0.0790 e. The summed E-state index contributed by atoms with van der Waals surface area (Å²) >= 11 is 0. The van der Waals surface area contributed by atoms with Crippen LogP contribution in [-0.4, -0.2) is 5.11 Å². The molecule has 0 aliphatic rings. The summed E-state index contributed by atoms with van der Waals surface area (Å²) in [4.78, 5) is 0. The molecule has 0 fully saturated rings. The zero-order valence-electron chi connectivity index (χ0n) is 8.53. The minimum atomic E-state index is -0.372. The molecule has 0 bridgehead atoms. The van der Waals surface area contributed by atoms with E-state index in [0.717, 1.165) is 24.8 Å². The van der Waals surface area contributed by atoms with Crippen molar-refractivity contribution in [1.29, 1.82) is 0 Å². The van der Waals surface area contributed by atoms with Gasteiger partial charge in [-0.2, -0.15) is 0 Å². The molecule has 0 saturated heterocycles. The van der Waals surface area contributed by atoms with Crippen molar-refractivity contribution in [2.45, 2.75) is 32.3 Å². The normalized spacial score (nSPS) is 12.1. The van der Waals surface area contributed by atoms with Crippen LogP contribution in [0.1, 0.15) is 36.5 Å². The first-order chi connectivity index (χ1) is 6.74. The number of aliphatic hydroxyl groups excluding tert-OH is 1. The Morgan fingerprint density at radius 3 is 2.93 bits per heavy atom. The van der Waals surface area contributed by atoms with Crippen LogP contribution in [0.3, 0.4) is 0 Å². The van der Waals surface area contributed by atoms with Crippen molar-refractivity contribution in [3.05, 3.63) is 35.4 Å². The lowest BCUT2D eigenvalue weighted by atomic mass is 10.0. The van der Waals surface area contributed by atoms with E-state index >= 15 is 0 Å². The van der Waals surface area contributed by atoms with Gasteiger partial charge in [-0.05, 0) is 25.3 Å². The van der Waals surface area contributed by atoms with Gasteiger partial charge in [-0.3, -0.25) is 0 Å². The van der Waals surface area contributed by atoms with Crippen LogP contribution in [0.15, 0.2) is 24.3 Å². The molecule has 0 saturated carbocycles. The monoisotopic (exact) mass is 188 g/mol. The topological polar surface area (TPSA) is 20.2 Å². The number of hydrogen-bond acceptors (Lipinski definition) is 1. The number of aryl methyl sites for hydroxylation is 1. The van der Waals surface area contributed by atoms with Gasteiger partial charge in [-0.15, -0.1) is 12.3 Å². The highest BCUT2D eigenvalue weighted by molar-refractivity contribution is 5.23. The predicted octanol–water partition coefficient (Wildman–Crippen LogP) is 2.83. The van der Waals surface area contributed by atoms with Crippen molar-refractivity contribution >= 4 is 0 Å². The predicted molar refractivity (Wildman–Crippen MR) is 58.8 cm³/mol. The molecule has 1 N–H and O–H groups in total. The summed E-state index contributed by atoms with van der Waals surface area (Å²) in [7, 11) is 0. The van der Waals surface area contributed by atoms with Crippen molar-refractivity contribution in [3.63, 3.8) is 0 Å². The largest absolute Gasteiger partial charge is 0.388 e. The van der Waals surface area contributed by atoms with Gasteiger partial charge in [0.15, 0.2) is 0 Å². The van der Waals surface area contributed by atoms with E-state index < -0.39 is 0 Å². The molecule has 1 aromatic rings. The fraction of sp³-hybridized carbons (Fsp3) is 0.385. The fourth-order valence-electron chi connectivity index (χ4n) is 1.44. The summed E-state index contributed by atoms with van der Waals surface area (Å²) in [5.41, 5.74) is 2.17. The SMILES string of the molecule is C#CCCCC(O)c1cccc(C)c1. The van der Waals surface area contributed by atoms with Gasteiger partial charge in [0.2, 0.25) is 0 Å². The lowest BCUT2D eigenvalue weighted by Gasteiger charge is -2.10. The van der Waals surface area contributed by atoms with Gasteiger partial charge >= 0.3 is 0 Å². The number of hydrogen-bond donors (Lipinski definition) is 1. The Labute approximate surface area is 85.8 Å². The van der Waals surface area contributed by atoms with Gasteiger partial charge in [0.25, 0.3) is 0 Å². The lowest BCUT2D eigenvalue weighted by molar-refractivity contribution is 0.165. The minimum Gasteiger partial charge on any atom is -0.388 e. The average molecular weight is 188 g/mol. The molecule has 0 heterocycles. The molecule has 1 rings (SSSR count). The lowest BCUT2D eigenvalue weighted by Crippen LogP contribution is -1.97. The minimum absolute atomic E-state index is 0.372. The first-order valence-corrected chi connectivity index (χ1v) is 4.92. The third-order valence-electron chi connectivity index (χ3n) is 2.23. The summed E-state index contributed by atoms with van der Waals surface area (Å²) in [5, 5.41) is 9.80. The quantitative estimate of drug-likeness (QED) is 0.569. The first kappa shape index (κ1) is 10.8. The molecule has 0 aliphatic carbocycles. The van der Waals surface area contributed by atoms with Crippen LogP contribution in [-0.2, 0) is 0 Å². The maximum atomic E-state index is 9.80. The van der Waals surface area contributed by atoms with E-state index in [2.05, 4.69) is 5.92 Å². The average Bonchev–Trinajstić information content (AvgIpc) is 2.18. The third kappa shape index (κ3) is 3.24. The molecule has 0 aromatic heterocycles. The Balaban J connectivity index is 2.52. The molecule has 1 nitrogen and oxygen atoms in total. The van der Waals surface area contributed by atoms with Crippen LogP contribution in [0.4, 0.5) is 0 Å². The van der Waals surface area contributed by atoms with Crippen molar-refractivity contribution in [3.8, 4) is 12.3 Å². The Hall–Kier alpha value is -1.26.